The summed E-state index contributed by atoms with van der Waals surface area (Å²) in [7, 11) is 0. The second-order valence-electron chi connectivity index (χ2n) is 17.8. The quantitative estimate of drug-likeness (QED) is 0.0450. The Labute approximate surface area is 375 Å². The van der Waals surface area contributed by atoms with Crippen LogP contribution in [0, 0.1) is 0 Å². The van der Waals surface area contributed by atoms with Crippen LogP contribution in [0.5, 0.6) is 0 Å². The Hall–Kier alpha value is -0.261. The summed E-state index contributed by atoms with van der Waals surface area (Å²) in [5.41, 5.74) is 0. The molecule has 0 saturated heterocycles. The summed E-state index contributed by atoms with van der Waals surface area (Å²) in [6.45, 7) is 4.58. The fourth-order valence-electron chi connectivity index (χ4n) is 8.11. The minimum absolute atomic E-state index is 0. The van der Waals surface area contributed by atoms with Crippen LogP contribution in [0.2, 0.25) is 0 Å². The van der Waals surface area contributed by atoms with E-state index in [4.69, 9.17) is 0 Å². The number of aliphatic carboxylic acids is 2. The van der Waals surface area contributed by atoms with Crippen LogP contribution >= 0.6 is 0 Å². The number of unbranched alkanes of at least 4 members (excludes halogenated alkanes) is 44. The molecule has 0 aliphatic carbocycles. The molecule has 0 atom stereocenters. The van der Waals surface area contributed by atoms with Crippen LogP contribution in [0.3, 0.4) is 0 Å². The molecule has 0 fully saturated rings. The molecule has 4 nitrogen and oxygen atoms in total. The number of carboxylic acid groups (broad SMARTS) is 2. The molecule has 0 saturated carbocycles. The molecular weight excluding hydrogens is 807 g/mol. The maximum absolute atomic E-state index is 10.3. The van der Waals surface area contributed by atoms with Gasteiger partial charge in [0.1, 0.15) is 0 Å². The van der Waals surface area contributed by atoms with Gasteiger partial charge in [0.05, 0.1) is 0 Å². The Kier molecular flexibility index (Phi) is 61.9. The van der Waals surface area contributed by atoms with Gasteiger partial charge in [0.2, 0.25) is 0 Å². The molecule has 57 heavy (non-hydrogen) atoms. The predicted molar refractivity (Wildman–Crippen MR) is 252 cm³/mol. The monoisotopic (exact) mass is 913 g/mol. The van der Waals surface area contributed by atoms with Gasteiger partial charge in [-0.05, 0) is 25.7 Å². The van der Waals surface area contributed by atoms with Crippen molar-refractivity contribution in [2.75, 3.05) is 0 Å². The molecule has 0 heterocycles. The van der Waals surface area contributed by atoms with Crippen LogP contribution in [-0.2, 0) is 9.59 Å². The van der Waals surface area contributed by atoms with Crippen molar-refractivity contribution in [2.45, 2.75) is 322 Å². The van der Waals surface area contributed by atoms with E-state index in [-0.39, 0.29) is 36.7 Å². The molecule has 0 spiro atoms. The number of carboxylic acids is 2. The normalized spacial score (nSPS) is 11.0. The van der Waals surface area contributed by atoms with Gasteiger partial charge in [0, 0.05) is 11.9 Å². The Bertz CT molecular complexity index is 669. The maximum atomic E-state index is 10.3. The van der Waals surface area contributed by atoms with Gasteiger partial charge in [-0.1, -0.05) is 296 Å². The molecule has 0 aromatic heterocycles. The van der Waals surface area contributed by atoms with Gasteiger partial charge in [0.15, 0.2) is 0 Å². The standard InChI is InChI=1S/2C26H52O2.Sn.2H/c2*1-2-3-4-5-6-7-8-9-10-11-12-13-14-15-16-17-18-19-20-21-22-23-24-25-26(27)28;;;/h2*2-25H2,1H3,(H,27,28);;;/q;;+2;;/p-2. The zero-order valence-electron chi connectivity index (χ0n) is 39.3. The third-order valence-corrected chi connectivity index (χ3v) is 12.0. The van der Waals surface area contributed by atoms with Crippen molar-refractivity contribution in [3.63, 3.8) is 0 Å². The molecule has 0 aliphatic heterocycles. The van der Waals surface area contributed by atoms with Crippen molar-refractivity contribution in [1.29, 1.82) is 0 Å². The van der Waals surface area contributed by atoms with Crippen molar-refractivity contribution >= 4 is 35.8 Å². The first kappa shape index (κ1) is 61.0. The molecule has 5 heteroatoms. The number of hydrogen-bond donors (Lipinski definition) is 0. The van der Waals surface area contributed by atoms with E-state index in [9.17, 15) is 19.8 Å². The first-order valence-corrected chi connectivity index (χ1v) is 25.9. The number of carbonyl (C=O) groups excluding carboxylic acids is 2. The van der Waals surface area contributed by atoms with Crippen molar-refractivity contribution in [1.82, 2.24) is 0 Å². The van der Waals surface area contributed by atoms with Crippen LogP contribution in [0.15, 0.2) is 0 Å². The third-order valence-electron chi connectivity index (χ3n) is 12.0. The zero-order chi connectivity index (χ0) is 41.1. The molecule has 340 valence electrons. The fraction of sp³-hybridized carbons (Fsp3) is 0.962. The number of hydrogen-bond acceptors (Lipinski definition) is 4. The van der Waals surface area contributed by atoms with E-state index < -0.39 is 11.9 Å². The Morgan fingerprint density at radius 2 is 0.333 bits per heavy atom. The van der Waals surface area contributed by atoms with Crippen LogP contribution < -0.4 is 10.2 Å². The Morgan fingerprint density at radius 1 is 0.228 bits per heavy atom. The Balaban J connectivity index is -0.00000101. The van der Waals surface area contributed by atoms with Crippen LogP contribution in [-0.4, -0.2) is 35.8 Å². The van der Waals surface area contributed by atoms with Crippen molar-refractivity contribution in [3.05, 3.63) is 0 Å². The van der Waals surface area contributed by atoms with Crippen molar-refractivity contribution in [3.8, 4) is 0 Å². The SMILES string of the molecule is CCCCCCCCCCCCCCCCCCCCCCCCCC(=O)[O-].CCCCCCCCCCCCCCCCCCCCCCCCCC(=O)[O-].[SnH2+2]. The average molecular weight is 912 g/mol. The summed E-state index contributed by atoms with van der Waals surface area (Å²) < 4.78 is 0. The van der Waals surface area contributed by atoms with Gasteiger partial charge in [-0.2, -0.15) is 0 Å². The van der Waals surface area contributed by atoms with Crippen LogP contribution in [0.25, 0.3) is 0 Å². The van der Waals surface area contributed by atoms with E-state index >= 15 is 0 Å². The fourth-order valence-corrected chi connectivity index (χ4v) is 8.11. The van der Waals surface area contributed by atoms with Gasteiger partial charge in [-0.15, -0.1) is 0 Å². The molecular formula is C52H104O4Sn. The summed E-state index contributed by atoms with van der Waals surface area (Å²) in [5, 5.41) is 20.6. The summed E-state index contributed by atoms with van der Waals surface area (Å²) in [6, 6.07) is 0. The van der Waals surface area contributed by atoms with Crippen LogP contribution in [0.1, 0.15) is 322 Å². The second-order valence-corrected chi connectivity index (χ2v) is 17.8. The van der Waals surface area contributed by atoms with Crippen molar-refractivity contribution < 1.29 is 19.8 Å². The summed E-state index contributed by atoms with van der Waals surface area (Å²) in [6.07, 6.45) is 63.3. The molecule has 0 bridgehead atoms. The molecule has 0 aromatic carbocycles. The van der Waals surface area contributed by atoms with Gasteiger partial charge >= 0.3 is 23.9 Å². The van der Waals surface area contributed by atoms with Gasteiger partial charge in [-0.3, -0.25) is 0 Å². The van der Waals surface area contributed by atoms with Gasteiger partial charge in [0.25, 0.3) is 0 Å². The van der Waals surface area contributed by atoms with Gasteiger partial charge in [-0.25, -0.2) is 0 Å². The Morgan fingerprint density at radius 3 is 0.439 bits per heavy atom. The van der Waals surface area contributed by atoms with E-state index in [1.807, 2.05) is 0 Å². The van der Waals surface area contributed by atoms with E-state index in [2.05, 4.69) is 13.8 Å². The first-order valence-electron chi connectivity index (χ1n) is 25.9. The van der Waals surface area contributed by atoms with Crippen LogP contribution in [0.4, 0.5) is 0 Å². The summed E-state index contributed by atoms with van der Waals surface area (Å²) >= 11 is 0. The summed E-state index contributed by atoms with van der Waals surface area (Å²) in [4.78, 5) is 20.6. The molecule has 0 N–H and O–H groups in total. The topological polar surface area (TPSA) is 80.3 Å². The molecule has 0 amide bonds. The van der Waals surface area contributed by atoms with E-state index in [0.717, 1.165) is 25.7 Å². The zero-order valence-corrected chi connectivity index (χ0v) is 43.3. The molecule has 0 rings (SSSR count). The first-order chi connectivity index (χ1) is 27.5. The van der Waals surface area contributed by atoms with Gasteiger partial charge < -0.3 is 19.8 Å². The predicted octanol–water partition coefficient (Wildman–Crippen LogP) is 15.3. The number of rotatable bonds is 48. The second kappa shape index (κ2) is 57.8. The summed E-state index contributed by atoms with van der Waals surface area (Å²) in [5.74, 6) is -1.80. The molecule has 0 unspecified atom stereocenters. The van der Waals surface area contributed by atoms with E-state index in [0.29, 0.717) is 0 Å². The molecule has 0 aliphatic rings. The third kappa shape index (κ3) is 65.1. The van der Waals surface area contributed by atoms with E-state index in [1.54, 1.807) is 0 Å². The molecule has 0 aromatic rings. The number of carbonyl (C=O) groups is 2. The van der Waals surface area contributed by atoms with E-state index in [1.165, 1.54) is 270 Å². The molecule has 0 radical (unpaired) electrons. The van der Waals surface area contributed by atoms with Crippen molar-refractivity contribution in [2.24, 2.45) is 0 Å². The average Bonchev–Trinajstić information content (AvgIpc) is 3.18. The minimum atomic E-state index is -0.900.